The highest BCUT2D eigenvalue weighted by Crippen LogP contribution is 2.28. The maximum Gasteiger partial charge on any atom is 0.408 e. The van der Waals surface area contributed by atoms with Gasteiger partial charge >= 0.3 is 6.09 Å². The number of nitrogens with one attached hydrogen (secondary N) is 3. The number of hydrogen-bond donors (Lipinski definition) is 3. The van der Waals surface area contributed by atoms with Crippen molar-refractivity contribution in [3.8, 4) is 0 Å². The molecule has 3 N–H and O–H groups in total. The summed E-state index contributed by atoms with van der Waals surface area (Å²) in [6.07, 6.45) is -0.716. The van der Waals surface area contributed by atoms with Gasteiger partial charge in [-0.25, -0.2) is 17.9 Å². The van der Waals surface area contributed by atoms with E-state index in [0.717, 1.165) is 5.56 Å². The van der Waals surface area contributed by atoms with Gasteiger partial charge in [0.25, 0.3) is 0 Å². The van der Waals surface area contributed by atoms with Crippen molar-refractivity contribution >= 4 is 38.5 Å². The first-order chi connectivity index (χ1) is 14.8. The minimum Gasteiger partial charge on any atom is -0.445 e. The molecule has 31 heavy (non-hydrogen) atoms. The van der Waals surface area contributed by atoms with Gasteiger partial charge in [0.1, 0.15) is 12.6 Å². The summed E-state index contributed by atoms with van der Waals surface area (Å²) in [6, 6.07) is 18.1. The Kier molecular flexibility index (Phi) is 6.88. The van der Waals surface area contributed by atoms with Crippen LogP contribution in [0.25, 0.3) is 10.8 Å². The first-order valence-electron chi connectivity index (χ1n) is 9.55. The fourth-order valence-electron chi connectivity index (χ4n) is 2.98. The Labute approximate surface area is 180 Å². The number of sulfonamides is 1. The number of carbonyl (C=O) groups excluding carboxylic acids is 2. The highest BCUT2D eigenvalue weighted by Gasteiger charge is 2.19. The summed E-state index contributed by atoms with van der Waals surface area (Å²) in [7, 11) is -2.33. The fraction of sp³-hybridized carbons (Fsp3) is 0.182. The van der Waals surface area contributed by atoms with Crippen molar-refractivity contribution in [2.75, 3.05) is 12.4 Å². The van der Waals surface area contributed by atoms with Crippen molar-refractivity contribution in [2.45, 2.75) is 24.5 Å². The summed E-state index contributed by atoms with van der Waals surface area (Å²) in [5, 5.41) is 6.25. The Morgan fingerprint density at radius 2 is 1.61 bits per heavy atom. The predicted molar refractivity (Wildman–Crippen MR) is 118 cm³/mol. The van der Waals surface area contributed by atoms with Gasteiger partial charge in [0, 0.05) is 16.5 Å². The number of hydrogen-bond acceptors (Lipinski definition) is 5. The van der Waals surface area contributed by atoms with Crippen LogP contribution in [-0.2, 0) is 26.2 Å². The van der Waals surface area contributed by atoms with Gasteiger partial charge in [0.2, 0.25) is 15.9 Å². The molecule has 2 amide bonds. The molecule has 3 aromatic rings. The predicted octanol–water partition coefficient (Wildman–Crippen LogP) is 3.00. The third-order valence-corrected chi connectivity index (χ3v) is 6.11. The minimum absolute atomic E-state index is 0.0903. The van der Waals surface area contributed by atoms with Crippen molar-refractivity contribution < 1.29 is 22.7 Å². The summed E-state index contributed by atoms with van der Waals surface area (Å²) in [6.45, 7) is 1.62. The Morgan fingerprint density at radius 1 is 0.935 bits per heavy atom. The smallest absolute Gasteiger partial charge is 0.408 e. The van der Waals surface area contributed by atoms with E-state index in [2.05, 4.69) is 15.4 Å². The van der Waals surface area contributed by atoms with Gasteiger partial charge in [0.05, 0.1) is 4.90 Å². The molecule has 0 radical (unpaired) electrons. The zero-order valence-electron chi connectivity index (χ0n) is 17.1. The number of benzene rings is 3. The average Bonchev–Trinajstić information content (AvgIpc) is 2.78. The molecular formula is C22H23N3O5S. The molecule has 0 aromatic heterocycles. The minimum atomic E-state index is -3.67. The summed E-state index contributed by atoms with van der Waals surface area (Å²) in [5.74, 6) is -0.467. The first kappa shape index (κ1) is 22.3. The molecule has 3 rings (SSSR count). The molecule has 0 saturated heterocycles. The number of ether oxygens (including phenoxy) is 1. The zero-order valence-corrected chi connectivity index (χ0v) is 17.9. The second kappa shape index (κ2) is 9.59. The van der Waals surface area contributed by atoms with E-state index in [-0.39, 0.29) is 11.5 Å². The van der Waals surface area contributed by atoms with Crippen LogP contribution < -0.4 is 15.4 Å². The normalized spacial score (nSPS) is 12.2. The molecule has 0 aliphatic rings. The Morgan fingerprint density at radius 3 is 2.32 bits per heavy atom. The molecule has 0 spiro atoms. The van der Waals surface area contributed by atoms with Crippen molar-refractivity contribution in [1.29, 1.82) is 0 Å². The zero-order chi connectivity index (χ0) is 22.4. The van der Waals surface area contributed by atoms with Crippen LogP contribution in [-0.4, -0.2) is 33.5 Å². The largest absolute Gasteiger partial charge is 0.445 e. The molecule has 9 heteroatoms. The molecular weight excluding hydrogens is 418 g/mol. The number of fused-ring (bicyclic) bond motifs is 1. The van der Waals surface area contributed by atoms with Gasteiger partial charge in [-0.15, -0.1) is 0 Å². The van der Waals surface area contributed by atoms with Crippen LogP contribution in [0.3, 0.4) is 0 Å². The molecule has 0 aliphatic carbocycles. The van der Waals surface area contributed by atoms with E-state index in [0.29, 0.717) is 16.5 Å². The molecule has 0 aliphatic heterocycles. The van der Waals surface area contributed by atoms with Crippen molar-refractivity contribution in [2.24, 2.45) is 0 Å². The molecule has 0 fully saturated rings. The number of carbonyl (C=O) groups is 2. The summed E-state index contributed by atoms with van der Waals surface area (Å²) >= 11 is 0. The molecule has 0 bridgehead atoms. The molecule has 3 aromatic carbocycles. The average molecular weight is 442 g/mol. The maximum absolute atomic E-state index is 12.6. The molecule has 0 saturated carbocycles. The van der Waals surface area contributed by atoms with Crippen molar-refractivity contribution in [3.63, 3.8) is 0 Å². The number of anilines is 1. The quantitative estimate of drug-likeness (QED) is 0.522. The molecule has 0 heterocycles. The van der Waals surface area contributed by atoms with Gasteiger partial charge in [0.15, 0.2) is 0 Å². The fourth-order valence-corrected chi connectivity index (χ4v) is 3.93. The second-order valence-corrected chi connectivity index (χ2v) is 8.64. The van der Waals surface area contributed by atoms with Gasteiger partial charge in [-0.2, -0.15) is 0 Å². The third-order valence-electron chi connectivity index (χ3n) is 4.64. The first-order valence-corrected chi connectivity index (χ1v) is 11.0. The van der Waals surface area contributed by atoms with Gasteiger partial charge in [-0.05, 0) is 31.7 Å². The van der Waals surface area contributed by atoms with Gasteiger partial charge < -0.3 is 15.4 Å². The van der Waals surface area contributed by atoms with Crippen LogP contribution >= 0.6 is 0 Å². The van der Waals surface area contributed by atoms with Crippen LogP contribution in [0.5, 0.6) is 0 Å². The summed E-state index contributed by atoms with van der Waals surface area (Å²) in [5.41, 5.74) is 1.26. The van der Waals surface area contributed by atoms with E-state index in [1.165, 1.54) is 20.0 Å². The van der Waals surface area contributed by atoms with E-state index in [1.54, 1.807) is 30.3 Å². The van der Waals surface area contributed by atoms with Gasteiger partial charge in [-0.3, -0.25) is 4.79 Å². The second-order valence-electron chi connectivity index (χ2n) is 6.78. The van der Waals surface area contributed by atoms with E-state index in [1.807, 2.05) is 30.3 Å². The van der Waals surface area contributed by atoms with Crippen LogP contribution in [0.4, 0.5) is 10.5 Å². The van der Waals surface area contributed by atoms with Crippen molar-refractivity contribution in [3.05, 3.63) is 72.3 Å². The highest BCUT2D eigenvalue weighted by atomic mass is 32.2. The lowest BCUT2D eigenvalue weighted by Gasteiger charge is -2.16. The Hall–Kier alpha value is -3.43. The standard InChI is InChI=1S/C22H23N3O5S/c1-15(24-22(27)30-14-16-8-4-3-5-9-16)21(26)25-19-12-6-11-18-17(19)10-7-13-20(18)31(28,29)23-2/h3-13,15,23H,14H2,1-2H3,(H,24,27)(H,25,26). The number of amides is 2. The Bertz CT molecular complexity index is 1200. The molecule has 1 atom stereocenters. The van der Waals surface area contributed by atoms with Crippen LogP contribution in [0.15, 0.2) is 71.6 Å². The molecule has 8 nitrogen and oxygen atoms in total. The number of alkyl carbamates (subject to hydrolysis) is 1. The third kappa shape index (κ3) is 5.39. The van der Waals surface area contributed by atoms with E-state index < -0.39 is 28.1 Å². The van der Waals surface area contributed by atoms with Crippen LogP contribution in [0, 0.1) is 0 Å². The summed E-state index contributed by atoms with van der Waals surface area (Å²) < 4.78 is 32.0. The van der Waals surface area contributed by atoms with Crippen LogP contribution in [0.2, 0.25) is 0 Å². The van der Waals surface area contributed by atoms with E-state index >= 15 is 0 Å². The van der Waals surface area contributed by atoms with E-state index in [4.69, 9.17) is 4.74 Å². The van der Waals surface area contributed by atoms with Crippen LogP contribution in [0.1, 0.15) is 12.5 Å². The Balaban J connectivity index is 1.70. The lowest BCUT2D eigenvalue weighted by atomic mass is 10.1. The monoisotopic (exact) mass is 441 g/mol. The lowest BCUT2D eigenvalue weighted by Crippen LogP contribution is -2.41. The topological polar surface area (TPSA) is 114 Å². The maximum atomic E-state index is 12.6. The lowest BCUT2D eigenvalue weighted by molar-refractivity contribution is -0.117. The highest BCUT2D eigenvalue weighted by molar-refractivity contribution is 7.89. The van der Waals surface area contributed by atoms with E-state index in [9.17, 15) is 18.0 Å². The van der Waals surface area contributed by atoms with Crippen molar-refractivity contribution in [1.82, 2.24) is 10.0 Å². The summed E-state index contributed by atoms with van der Waals surface area (Å²) in [4.78, 5) is 24.7. The SMILES string of the molecule is CNS(=O)(=O)c1cccc2c(NC(=O)C(C)NC(=O)OCc3ccccc3)cccc12. The molecule has 1 unspecified atom stereocenters. The molecule has 162 valence electrons. The van der Waals surface area contributed by atoms with Gasteiger partial charge in [-0.1, -0.05) is 54.6 Å². The number of rotatable bonds is 7.